The third-order valence-electron chi connectivity index (χ3n) is 18.8. The molecule has 510 valence electrons. The number of nitrogens with one attached hydrogen (secondary N) is 1. The van der Waals surface area contributed by atoms with Crippen molar-refractivity contribution in [2.75, 3.05) is 13.2 Å². The summed E-state index contributed by atoms with van der Waals surface area (Å²) < 4.78 is 5.51. The van der Waals surface area contributed by atoms with Gasteiger partial charge in [-0.2, -0.15) is 0 Å². The first-order valence-electron chi connectivity index (χ1n) is 39.6. The topological polar surface area (TPSA) is 95.9 Å². The monoisotopic (exact) mass is 1210 g/mol. The second kappa shape index (κ2) is 75.8. The van der Waals surface area contributed by atoms with E-state index < -0.39 is 12.1 Å². The van der Waals surface area contributed by atoms with E-state index in [1.165, 1.54) is 372 Å². The van der Waals surface area contributed by atoms with Crippen LogP contribution in [-0.2, 0) is 14.3 Å². The van der Waals surface area contributed by atoms with Crippen LogP contribution in [0.15, 0.2) is 24.3 Å². The Balaban J connectivity index is 3.34. The first kappa shape index (κ1) is 84.3. The standard InChI is InChI=1S/C80H155NO5/c1-3-5-7-9-11-13-15-17-19-44-48-52-56-60-64-68-72-78(83)77(76-82)81-79(84)73-69-65-61-57-53-49-45-42-40-38-36-34-32-30-28-26-24-22-21-23-25-27-29-31-33-35-37-39-41-43-47-51-55-59-63-67-71-75-86-80(85)74-70-66-62-58-54-50-46-20-18-16-14-12-10-8-6-4-2/h21,23,27,29,77-78,82-83H,3-20,22,24-26,28,30-76H2,1-2H3,(H,81,84)/b23-21-,29-27-. The summed E-state index contributed by atoms with van der Waals surface area (Å²) in [5.74, 6) is -0.00517. The number of esters is 1. The number of unbranched alkanes of at least 4 members (excludes halogenated alkanes) is 60. The van der Waals surface area contributed by atoms with Gasteiger partial charge in [-0.1, -0.05) is 404 Å². The molecule has 0 radical (unpaired) electrons. The van der Waals surface area contributed by atoms with Crippen LogP contribution in [0.4, 0.5) is 0 Å². The second-order valence-corrected chi connectivity index (χ2v) is 27.4. The van der Waals surface area contributed by atoms with Crippen molar-refractivity contribution in [2.45, 2.75) is 463 Å². The molecule has 2 unspecified atom stereocenters. The zero-order valence-electron chi connectivity index (χ0n) is 58.6. The Kier molecular flexibility index (Phi) is 74.3. The average molecular weight is 1210 g/mol. The SMILES string of the molecule is CCCCCCCCCCCCCCCCCCC(=O)OCCCCCCCCCCCCCCC/C=C\C/C=C\CCCCCCCCCCCCCCCCCCCC(=O)NC(CO)C(O)CCCCCCCCCCCCCCCCCC. The van der Waals surface area contributed by atoms with Crippen LogP contribution in [0.1, 0.15) is 450 Å². The maximum Gasteiger partial charge on any atom is 0.305 e. The van der Waals surface area contributed by atoms with E-state index in [1.807, 2.05) is 0 Å². The van der Waals surface area contributed by atoms with E-state index in [2.05, 4.69) is 43.5 Å². The molecule has 0 fully saturated rings. The van der Waals surface area contributed by atoms with Gasteiger partial charge in [0.25, 0.3) is 0 Å². The maximum atomic E-state index is 12.5. The lowest BCUT2D eigenvalue weighted by atomic mass is 10.0. The summed E-state index contributed by atoms with van der Waals surface area (Å²) in [5.41, 5.74) is 0. The highest BCUT2D eigenvalue weighted by Crippen LogP contribution is 2.20. The first-order chi connectivity index (χ1) is 42.5. The molecule has 0 aliphatic rings. The van der Waals surface area contributed by atoms with Gasteiger partial charge in [0.1, 0.15) is 0 Å². The highest BCUT2D eigenvalue weighted by atomic mass is 16.5. The number of carbonyl (C=O) groups is 2. The lowest BCUT2D eigenvalue weighted by Gasteiger charge is -2.22. The maximum absolute atomic E-state index is 12.5. The summed E-state index contributed by atoms with van der Waals surface area (Å²) in [6.07, 6.45) is 97.0. The average Bonchev–Trinajstić information content (AvgIpc) is 3.60. The molecule has 0 aliphatic carbocycles. The van der Waals surface area contributed by atoms with Crippen molar-refractivity contribution in [1.82, 2.24) is 5.32 Å². The van der Waals surface area contributed by atoms with Gasteiger partial charge in [-0.15, -0.1) is 0 Å². The molecule has 86 heavy (non-hydrogen) atoms. The Morgan fingerprint density at radius 2 is 0.581 bits per heavy atom. The number of rotatable bonds is 75. The molecule has 1 amide bonds. The third kappa shape index (κ3) is 71.4. The summed E-state index contributed by atoms with van der Waals surface area (Å²) >= 11 is 0. The largest absolute Gasteiger partial charge is 0.466 e. The normalized spacial score (nSPS) is 12.6. The van der Waals surface area contributed by atoms with Crippen LogP contribution in [0.5, 0.6) is 0 Å². The molecule has 0 rings (SSSR count). The van der Waals surface area contributed by atoms with E-state index in [4.69, 9.17) is 4.74 Å². The molecule has 2 atom stereocenters. The fraction of sp³-hybridized carbons (Fsp3) is 0.925. The van der Waals surface area contributed by atoms with Crippen LogP contribution in [0, 0.1) is 0 Å². The van der Waals surface area contributed by atoms with Gasteiger partial charge in [-0.05, 0) is 57.8 Å². The molecule has 0 aromatic heterocycles. The number of aliphatic hydroxyl groups is 2. The molecule has 0 bridgehead atoms. The fourth-order valence-corrected chi connectivity index (χ4v) is 12.7. The van der Waals surface area contributed by atoms with Gasteiger partial charge in [0, 0.05) is 12.8 Å². The van der Waals surface area contributed by atoms with Gasteiger partial charge in [-0.25, -0.2) is 0 Å². The molecule has 6 nitrogen and oxygen atoms in total. The van der Waals surface area contributed by atoms with Gasteiger partial charge < -0.3 is 20.3 Å². The summed E-state index contributed by atoms with van der Waals surface area (Å²) in [4.78, 5) is 24.6. The number of allylic oxidation sites excluding steroid dienone is 4. The second-order valence-electron chi connectivity index (χ2n) is 27.4. The highest BCUT2D eigenvalue weighted by Gasteiger charge is 2.20. The van der Waals surface area contributed by atoms with E-state index in [1.54, 1.807) is 0 Å². The predicted molar refractivity (Wildman–Crippen MR) is 380 cm³/mol. The zero-order chi connectivity index (χ0) is 62.0. The van der Waals surface area contributed by atoms with Gasteiger partial charge in [-0.3, -0.25) is 9.59 Å². The smallest absolute Gasteiger partial charge is 0.305 e. The minimum absolute atomic E-state index is 0.0232. The van der Waals surface area contributed by atoms with Crippen LogP contribution < -0.4 is 5.32 Å². The number of aliphatic hydroxyl groups excluding tert-OH is 2. The highest BCUT2D eigenvalue weighted by molar-refractivity contribution is 5.76. The van der Waals surface area contributed by atoms with Crippen molar-refractivity contribution in [1.29, 1.82) is 0 Å². The number of hydrogen-bond donors (Lipinski definition) is 3. The van der Waals surface area contributed by atoms with E-state index in [9.17, 15) is 19.8 Å². The minimum Gasteiger partial charge on any atom is -0.466 e. The Hall–Kier alpha value is -1.66. The van der Waals surface area contributed by atoms with Crippen molar-refractivity contribution in [3.63, 3.8) is 0 Å². The summed E-state index contributed by atoms with van der Waals surface area (Å²) in [7, 11) is 0. The van der Waals surface area contributed by atoms with Crippen LogP contribution in [-0.4, -0.2) is 47.4 Å². The molecule has 0 aliphatic heterocycles. The Morgan fingerprint density at radius 1 is 0.326 bits per heavy atom. The van der Waals surface area contributed by atoms with Crippen molar-refractivity contribution >= 4 is 11.9 Å². The number of hydrogen-bond acceptors (Lipinski definition) is 5. The van der Waals surface area contributed by atoms with Crippen LogP contribution in [0.25, 0.3) is 0 Å². The Bertz CT molecular complexity index is 1350. The lowest BCUT2D eigenvalue weighted by Crippen LogP contribution is -2.45. The molecule has 0 heterocycles. The third-order valence-corrected chi connectivity index (χ3v) is 18.8. The van der Waals surface area contributed by atoms with E-state index in [-0.39, 0.29) is 18.5 Å². The fourth-order valence-electron chi connectivity index (χ4n) is 12.7. The summed E-state index contributed by atoms with van der Waals surface area (Å²) in [6, 6.07) is -0.539. The zero-order valence-corrected chi connectivity index (χ0v) is 58.6. The predicted octanol–water partition coefficient (Wildman–Crippen LogP) is 26.0. The summed E-state index contributed by atoms with van der Waals surface area (Å²) in [6.45, 7) is 5.00. The molecular weight excluding hydrogens is 1050 g/mol. The quantitative estimate of drug-likeness (QED) is 0.0320. The molecule has 0 spiro atoms. The molecule has 0 saturated heterocycles. The van der Waals surface area contributed by atoms with Crippen molar-refractivity contribution < 1.29 is 24.5 Å². The molecule has 0 saturated carbocycles. The molecule has 0 aromatic carbocycles. The number of amides is 1. The van der Waals surface area contributed by atoms with Gasteiger partial charge >= 0.3 is 5.97 Å². The summed E-state index contributed by atoms with van der Waals surface area (Å²) in [5, 5.41) is 23.4. The Labute approximate surface area is 539 Å². The molecular formula is C80H155NO5. The number of carbonyl (C=O) groups excluding carboxylic acids is 2. The van der Waals surface area contributed by atoms with Gasteiger partial charge in [0.2, 0.25) is 5.91 Å². The van der Waals surface area contributed by atoms with Gasteiger partial charge in [0.15, 0.2) is 0 Å². The first-order valence-corrected chi connectivity index (χ1v) is 39.6. The molecule has 3 N–H and O–H groups in total. The van der Waals surface area contributed by atoms with E-state index in [0.717, 1.165) is 44.9 Å². The molecule has 6 heteroatoms. The van der Waals surface area contributed by atoms with Crippen LogP contribution in [0.2, 0.25) is 0 Å². The Morgan fingerprint density at radius 3 is 0.884 bits per heavy atom. The van der Waals surface area contributed by atoms with Crippen molar-refractivity contribution in [3.05, 3.63) is 24.3 Å². The van der Waals surface area contributed by atoms with Crippen LogP contribution in [0.3, 0.4) is 0 Å². The lowest BCUT2D eigenvalue weighted by molar-refractivity contribution is -0.143. The van der Waals surface area contributed by atoms with E-state index >= 15 is 0 Å². The van der Waals surface area contributed by atoms with Crippen molar-refractivity contribution in [3.8, 4) is 0 Å². The van der Waals surface area contributed by atoms with Crippen molar-refractivity contribution in [2.24, 2.45) is 0 Å². The molecule has 0 aromatic rings. The van der Waals surface area contributed by atoms with Gasteiger partial charge in [0.05, 0.1) is 25.4 Å². The van der Waals surface area contributed by atoms with Crippen LogP contribution >= 0.6 is 0 Å². The minimum atomic E-state index is -0.662. The number of ether oxygens (including phenoxy) is 1. The van der Waals surface area contributed by atoms with E-state index in [0.29, 0.717) is 25.9 Å².